The highest BCUT2D eigenvalue weighted by Gasteiger charge is 2.19. The molecule has 1 unspecified atom stereocenters. The first-order chi connectivity index (χ1) is 8.28. The van der Waals surface area contributed by atoms with Gasteiger partial charge in [0.05, 0.1) is 6.20 Å². The molecule has 5 heteroatoms. The Hall–Kier alpha value is -0.710. The summed E-state index contributed by atoms with van der Waals surface area (Å²) in [5.41, 5.74) is 6.56. The molecule has 0 aromatic carbocycles. The Bertz CT molecular complexity index is 360. The molecule has 0 radical (unpaired) electrons. The van der Waals surface area contributed by atoms with Gasteiger partial charge in [0.25, 0.3) is 0 Å². The number of piperidine rings is 1. The number of hydrogen-bond donors (Lipinski definition) is 1. The second-order valence-corrected chi connectivity index (χ2v) is 4.83. The summed E-state index contributed by atoms with van der Waals surface area (Å²) < 4.78 is 13.0. The molecule has 1 aromatic rings. The Morgan fingerprint density at radius 2 is 2.28 bits per heavy atom. The summed E-state index contributed by atoms with van der Waals surface area (Å²) >= 11 is 0. The zero-order valence-electron chi connectivity index (χ0n) is 10.5. The first kappa shape index (κ1) is 15.3. The highest BCUT2D eigenvalue weighted by molar-refractivity contribution is 5.85. The number of pyridine rings is 1. The van der Waals surface area contributed by atoms with Gasteiger partial charge in [-0.2, -0.15) is 0 Å². The Kier molecular flexibility index (Phi) is 6.54. The van der Waals surface area contributed by atoms with Crippen molar-refractivity contribution in [3.8, 4) is 0 Å². The van der Waals surface area contributed by atoms with E-state index in [9.17, 15) is 4.39 Å². The summed E-state index contributed by atoms with van der Waals surface area (Å²) in [5.74, 6) is 0.452. The lowest BCUT2D eigenvalue weighted by atomic mass is 9.94. The molecule has 1 aromatic heterocycles. The molecule has 0 saturated carbocycles. The van der Waals surface area contributed by atoms with Crippen LogP contribution < -0.4 is 5.73 Å². The maximum absolute atomic E-state index is 13.0. The number of nitrogens with zero attached hydrogens (tertiary/aromatic N) is 2. The molecule has 2 heterocycles. The Balaban J connectivity index is 0.00000162. The van der Waals surface area contributed by atoms with Crippen LogP contribution in [0.1, 0.15) is 24.8 Å². The minimum absolute atomic E-state index is 0. The summed E-state index contributed by atoms with van der Waals surface area (Å²) in [7, 11) is 0. The van der Waals surface area contributed by atoms with Crippen molar-refractivity contribution >= 4 is 12.4 Å². The van der Waals surface area contributed by atoms with Gasteiger partial charge in [-0.1, -0.05) is 0 Å². The van der Waals surface area contributed by atoms with Gasteiger partial charge < -0.3 is 5.73 Å². The van der Waals surface area contributed by atoms with E-state index in [1.54, 1.807) is 12.3 Å². The van der Waals surface area contributed by atoms with Gasteiger partial charge in [0.2, 0.25) is 0 Å². The number of aromatic nitrogens is 1. The van der Waals surface area contributed by atoms with E-state index in [4.69, 9.17) is 5.73 Å². The van der Waals surface area contributed by atoms with Crippen molar-refractivity contribution in [1.29, 1.82) is 0 Å². The first-order valence-electron chi connectivity index (χ1n) is 6.30. The molecule has 2 N–H and O–H groups in total. The number of nitrogens with two attached hydrogens (primary N) is 1. The third kappa shape index (κ3) is 4.52. The molecule has 0 amide bonds. The molecule has 3 nitrogen and oxygen atoms in total. The molecule has 1 saturated heterocycles. The Morgan fingerprint density at radius 3 is 3.00 bits per heavy atom. The van der Waals surface area contributed by atoms with Gasteiger partial charge in [-0.05, 0) is 49.9 Å². The van der Waals surface area contributed by atoms with Gasteiger partial charge in [-0.25, -0.2) is 4.39 Å². The summed E-state index contributed by atoms with van der Waals surface area (Å²) in [5, 5.41) is 0. The third-order valence-corrected chi connectivity index (χ3v) is 3.35. The van der Waals surface area contributed by atoms with E-state index in [2.05, 4.69) is 9.88 Å². The zero-order chi connectivity index (χ0) is 12.1. The van der Waals surface area contributed by atoms with Crippen LogP contribution in [0.3, 0.4) is 0 Å². The van der Waals surface area contributed by atoms with Crippen LogP contribution >= 0.6 is 12.4 Å². The van der Waals surface area contributed by atoms with Crippen molar-refractivity contribution in [2.75, 3.05) is 19.6 Å². The maximum atomic E-state index is 13.0. The van der Waals surface area contributed by atoms with Crippen LogP contribution in [-0.2, 0) is 6.54 Å². The highest BCUT2D eigenvalue weighted by Crippen LogP contribution is 2.20. The Morgan fingerprint density at radius 1 is 1.44 bits per heavy atom. The van der Waals surface area contributed by atoms with Gasteiger partial charge in [-0.3, -0.25) is 9.88 Å². The zero-order valence-corrected chi connectivity index (χ0v) is 11.3. The third-order valence-electron chi connectivity index (χ3n) is 3.35. The fourth-order valence-corrected chi connectivity index (χ4v) is 2.57. The monoisotopic (exact) mass is 273 g/mol. The van der Waals surface area contributed by atoms with Crippen LogP contribution in [-0.4, -0.2) is 29.5 Å². The van der Waals surface area contributed by atoms with Crippen molar-refractivity contribution in [1.82, 2.24) is 9.88 Å². The lowest BCUT2D eigenvalue weighted by Gasteiger charge is -2.32. The molecule has 102 valence electrons. The van der Waals surface area contributed by atoms with Gasteiger partial charge in [0, 0.05) is 19.3 Å². The van der Waals surface area contributed by atoms with Crippen LogP contribution in [0.25, 0.3) is 0 Å². The average Bonchev–Trinajstić information content (AvgIpc) is 2.30. The van der Waals surface area contributed by atoms with E-state index in [0.717, 1.165) is 38.2 Å². The van der Waals surface area contributed by atoms with E-state index in [1.807, 2.05) is 0 Å². The lowest BCUT2D eigenvalue weighted by Crippen LogP contribution is -2.35. The Labute approximate surface area is 114 Å². The lowest BCUT2D eigenvalue weighted by molar-refractivity contribution is 0.163. The molecular formula is C13H21ClFN3. The molecule has 18 heavy (non-hydrogen) atoms. The minimum atomic E-state index is -0.252. The fourth-order valence-electron chi connectivity index (χ4n) is 2.57. The molecule has 1 atom stereocenters. The first-order valence-corrected chi connectivity index (χ1v) is 6.30. The molecule has 0 bridgehead atoms. The number of halogens is 2. The van der Waals surface area contributed by atoms with Gasteiger partial charge in [0.1, 0.15) is 5.82 Å². The van der Waals surface area contributed by atoms with Crippen molar-refractivity contribution in [2.24, 2.45) is 11.7 Å². The van der Waals surface area contributed by atoms with Crippen LogP contribution in [0.15, 0.2) is 18.5 Å². The molecular weight excluding hydrogens is 253 g/mol. The van der Waals surface area contributed by atoms with Crippen molar-refractivity contribution in [3.63, 3.8) is 0 Å². The predicted octanol–water partition coefficient (Wildman–Crippen LogP) is 2.20. The molecule has 0 aliphatic carbocycles. The standard InChI is InChI=1S/C13H20FN3.ClH/c14-13-6-12(7-16-8-13)10-17-5-1-2-11(9-17)3-4-15;/h6-8,11H,1-5,9-10,15H2;1H. The van der Waals surface area contributed by atoms with Crippen LogP contribution in [0.2, 0.25) is 0 Å². The molecule has 2 rings (SSSR count). The molecule has 1 aliphatic rings. The predicted molar refractivity (Wildman–Crippen MR) is 73.1 cm³/mol. The fraction of sp³-hybridized carbons (Fsp3) is 0.615. The minimum Gasteiger partial charge on any atom is -0.330 e. The maximum Gasteiger partial charge on any atom is 0.141 e. The van der Waals surface area contributed by atoms with Gasteiger partial charge in [-0.15, -0.1) is 12.4 Å². The van der Waals surface area contributed by atoms with E-state index in [0.29, 0.717) is 5.92 Å². The summed E-state index contributed by atoms with van der Waals surface area (Å²) in [6.45, 7) is 3.73. The van der Waals surface area contributed by atoms with E-state index in [1.165, 1.54) is 19.0 Å². The second-order valence-electron chi connectivity index (χ2n) is 4.83. The normalized spacial score (nSPS) is 20.4. The molecule has 0 spiro atoms. The molecule has 1 aliphatic heterocycles. The highest BCUT2D eigenvalue weighted by atomic mass is 35.5. The largest absolute Gasteiger partial charge is 0.330 e. The van der Waals surface area contributed by atoms with Crippen molar-refractivity contribution < 1.29 is 4.39 Å². The van der Waals surface area contributed by atoms with Crippen LogP contribution in [0.5, 0.6) is 0 Å². The smallest absolute Gasteiger partial charge is 0.141 e. The second kappa shape index (κ2) is 7.67. The van der Waals surface area contributed by atoms with Gasteiger partial charge in [0.15, 0.2) is 0 Å². The summed E-state index contributed by atoms with van der Waals surface area (Å²) in [4.78, 5) is 6.26. The number of hydrogen-bond acceptors (Lipinski definition) is 3. The van der Waals surface area contributed by atoms with Crippen LogP contribution in [0, 0.1) is 11.7 Å². The molecule has 1 fully saturated rings. The number of likely N-dealkylation sites (tertiary alicyclic amines) is 1. The van der Waals surface area contributed by atoms with Crippen LogP contribution in [0.4, 0.5) is 4.39 Å². The van der Waals surface area contributed by atoms with Crippen molar-refractivity contribution in [2.45, 2.75) is 25.8 Å². The quantitative estimate of drug-likeness (QED) is 0.915. The van der Waals surface area contributed by atoms with E-state index in [-0.39, 0.29) is 18.2 Å². The van der Waals surface area contributed by atoms with E-state index < -0.39 is 0 Å². The van der Waals surface area contributed by atoms with E-state index >= 15 is 0 Å². The number of rotatable bonds is 4. The summed E-state index contributed by atoms with van der Waals surface area (Å²) in [6, 6.07) is 1.57. The average molecular weight is 274 g/mol. The van der Waals surface area contributed by atoms with Crippen molar-refractivity contribution in [3.05, 3.63) is 29.8 Å². The topological polar surface area (TPSA) is 42.1 Å². The van der Waals surface area contributed by atoms with Gasteiger partial charge >= 0.3 is 0 Å². The SMILES string of the molecule is Cl.NCCC1CCCN(Cc2cncc(F)c2)C1. The summed E-state index contributed by atoms with van der Waals surface area (Å²) in [6.07, 6.45) is 6.58.